The summed E-state index contributed by atoms with van der Waals surface area (Å²) in [5, 5.41) is 5.98. The highest BCUT2D eigenvalue weighted by Gasteiger charge is 2.35. The Kier molecular flexibility index (Phi) is 9.53. The van der Waals surface area contributed by atoms with Crippen molar-refractivity contribution >= 4 is 23.5 Å². The molecule has 0 spiro atoms. The first-order chi connectivity index (χ1) is 15.6. The third-order valence-corrected chi connectivity index (χ3v) is 6.40. The van der Waals surface area contributed by atoms with Gasteiger partial charge in [0, 0.05) is 32.0 Å². The van der Waals surface area contributed by atoms with Crippen LogP contribution < -0.4 is 10.6 Å². The van der Waals surface area contributed by atoms with Gasteiger partial charge in [-0.25, -0.2) is 4.79 Å². The zero-order valence-electron chi connectivity index (χ0n) is 19.3. The third-order valence-electron chi connectivity index (χ3n) is 6.40. The van der Waals surface area contributed by atoms with Gasteiger partial charge in [0.15, 0.2) is 0 Å². The summed E-state index contributed by atoms with van der Waals surface area (Å²) in [6.07, 6.45) is 13.9. The Morgan fingerprint density at radius 2 is 1.53 bits per heavy atom. The molecule has 1 aliphatic carbocycles. The fraction of sp³-hybridized carbons (Fsp3) is 0.640. The molecular formula is C25H37N3O4. The van der Waals surface area contributed by atoms with Crippen molar-refractivity contribution in [1.29, 1.82) is 0 Å². The number of fused-ring (bicyclic) bond motifs is 1. The van der Waals surface area contributed by atoms with Crippen molar-refractivity contribution in [2.45, 2.75) is 83.1 Å². The smallest absolute Gasteiger partial charge is 0.319 e. The van der Waals surface area contributed by atoms with Crippen LogP contribution in [-0.2, 0) is 4.74 Å². The first kappa shape index (κ1) is 24.2. The number of benzene rings is 1. The number of carbonyl (C=O) groups excluding carboxylic acids is 3. The number of anilines is 1. The van der Waals surface area contributed by atoms with E-state index < -0.39 is 0 Å². The van der Waals surface area contributed by atoms with Gasteiger partial charge in [-0.05, 0) is 37.5 Å². The van der Waals surface area contributed by atoms with Crippen LogP contribution >= 0.6 is 0 Å². The molecule has 4 amide bonds. The van der Waals surface area contributed by atoms with Crippen molar-refractivity contribution in [2.75, 3.05) is 25.6 Å². The lowest BCUT2D eigenvalue weighted by Gasteiger charge is -2.20. The fourth-order valence-corrected chi connectivity index (χ4v) is 4.60. The van der Waals surface area contributed by atoms with Crippen LogP contribution in [0.25, 0.3) is 0 Å². The van der Waals surface area contributed by atoms with E-state index >= 15 is 0 Å². The summed E-state index contributed by atoms with van der Waals surface area (Å²) in [7, 11) is 1.59. The number of hydrogen-bond donors (Lipinski definition) is 2. The molecule has 7 heteroatoms. The first-order valence-electron chi connectivity index (χ1n) is 12.2. The zero-order chi connectivity index (χ0) is 22.8. The van der Waals surface area contributed by atoms with E-state index in [4.69, 9.17) is 4.74 Å². The lowest BCUT2D eigenvalue weighted by atomic mass is 9.98. The molecule has 7 nitrogen and oxygen atoms in total. The maximum atomic E-state index is 12.7. The van der Waals surface area contributed by atoms with Crippen molar-refractivity contribution in [3.05, 3.63) is 29.3 Å². The van der Waals surface area contributed by atoms with E-state index in [0.29, 0.717) is 36.4 Å². The summed E-state index contributed by atoms with van der Waals surface area (Å²) in [5.74, 6) is -0.602. The van der Waals surface area contributed by atoms with Crippen molar-refractivity contribution in [3.63, 3.8) is 0 Å². The number of imide groups is 1. The number of nitrogens with one attached hydrogen (secondary N) is 2. The Balaban J connectivity index is 1.56. The molecule has 0 aromatic heterocycles. The fourth-order valence-electron chi connectivity index (χ4n) is 4.60. The molecule has 0 radical (unpaired) electrons. The topological polar surface area (TPSA) is 87.7 Å². The second-order valence-electron chi connectivity index (χ2n) is 8.92. The number of ether oxygens (including phenoxy) is 1. The molecule has 0 unspecified atom stereocenters. The molecule has 32 heavy (non-hydrogen) atoms. The molecule has 3 rings (SSSR count). The summed E-state index contributed by atoms with van der Waals surface area (Å²) >= 11 is 0. The number of urea groups is 1. The number of nitrogens with zero attached hydrogens (tertiary/aromatic N) is 1. The van der Waals surface area contributed by atoms with Gasteiger partial charge in [-0.1, -0.05) is 57.8 Å². The quantitative estimate of drug-likeness (QED) is 0.472. The second kappa shape index (κ2) is 12.6. The Bertz CT molecular complexity index is 783. The van der Waals surface area contributed by atoms with E-state index in [1.165, 1.54) is 49.8 Å². The lowest BCUT2D eigenvalue weighted by Crippen LogP contribution is -2.38. The van der Waals surface area contributed by atoms with Gasteiger partial charge in [-0.2, -0.15) is 0 Å². The van der Waals surface area contributed by atoms with Gasteiger partial charge in [-0.15, -0.1) is 0 Å². The van der Waals surface area contributed by atoms with Gasteiger partial charge in [0.05, 0.1) is 11.1 Å². The number of amides is 4. The molecule has 1 heterocycles. The second-order valence-corrected chi connectivity index (χ2v) is 8.92. The molecule has 176 valence electrons. The molecule has 2 aliphatic rings. The van der Waals surface area contributed by atoms with E-state index in [-0.39, 0.29) is 23.9 Å². The maximum Gasteiger partial charge on any atom is 0.319 e. The minimum Gasteiger partial charge on any atom is -0.385 e. The standard InChI is InChI=1S/C25H37N3O4/c1-32-17-11-16-28-23(29)21-15-14-20(18-22(21)24(28)30)27-25(31)26-19-12-9-7-5-3-2-4-6-8-10-13-19/h14-15,18-19H,2-13,16-17H2,1H3,(H2,26,27,31). The molecule has 1 fully saturated rings. The average Bonchev–Trinajstić information content (AvgIpc) is 3.00. The van der Waals surface area contributed by atoms with Crippen LogP contribution in [0, 0.1) is 0 Å². The lowest BCUT2D eigenvalue weighted by molar-refractivity contribution is 0.0638. The highest BCUT2D eigenvalue weighted by Crippen LogP contribution is 2.26. The minimum atomic E-state index is -0.315. The first-order valence-corrected chi connectivity index (χ1v) is 12.2. The van der Waals surface area contributed by atoms with Gasteiger partial charge in [0.2, 0.25) is 0 Å². The van der Waals surface area contributed by atoms with Crippen LogP contribution in [0.3, 0.4) is 0 Å². The van der Waals surface area contributed by atoms with Crippen LogP contribution in [0.1, 0.15) is 97.8 Å². The number of methoxy groups -OCH3 is 1. The third kappa shape index (κ3) is 6.79. The number of carbonyl (C=O) groups is 3. The summed E-state index contributed by atoms with van der Waals surface area (Å²) in [6.45, 7) is 0.812. The van der Waals surface area contributed by atoms with Crippen LogP contribution in [0.5, 0.6) is 0 Å². The monoisotopic (exact) mass is 443 g/mol. The van der Waals surface area contributed by atoms with Crippen LogP contribution in [-0.4, -0.2) is 49.0 Å². The largest absolute Gasteiger partial charge is 0.385 e. The Labute approximate surface area is 191 Å². The molecule has 0 atom stereocenters. The SMILES string of the molecule is COCCCN1C(=O)c2ccc(NC(=O)NC3CCCCCCCCCCC3)cc2C1=O. The van der Waals surface area contributed by atoms with E-state index in [9.17, 15) is 14.4 Å². The minimum absolute atomic E-state index is 0.170. The zero-order valence-corrected chi connectivity index (χ0v) is 19.3. The number of rotatable bonds is 6. The van der Waals surface area contributed by atoms with Gasteiger partial charge in [0.1, 0.15) is 0 Å². The molecule has 1 saturated carbocycles. The Morgan fingerprint density at radius 1 is 0.938 bits per heavy atom. The van der Waals surface area contributed by atoms with Gasteiger partial charge in [-0.3, -0.25) is 14.5 Å². The van der Waals surface area contributed by atoms with E-state index in [1.807, 2.05) is 0 Å². The maximum absolute atomic E-state index is 12.7. The van der Waals surface area contributed by atoms with Crippen LogP contribution in [0.2, 0.25) is 0 Å². The van der Waals surface area contributed by atoms with E-state index in [2.05, 4.69) is 10.6 Å². The normalized spacial score (nSPS) is 18.6. The average molecular weight is 444 g/mol. The molecule has 1 aromatic carbocycles. The molecule has 0 saturated heterocycles. The van der Waals surface area contributed by atoms with Crippen molar-refractivity contribution in [1.82, 2.24) is 10.2 Å². The Morgan fingerprint density at radius 3 is 2.16 bits per heavy atom. The van der Waals surface area contributed by atoms with Gasteiger partial charge in [0.25, 0.3) is 11.8 Å². The highest BCUT2D eigenvalue weighted by molar-refractivity contribution is 6.21. The highest BCUT2D eigenvalue weighted by atomic mass is 16.5. The molecule has 1 aromatic rings. The molecule has 1 aliphatic heterocycles. The van der Waals surface area contributed by atoms with Crippen molar-refractivity contribution in [2.24, 2.45) is 0 Å². The molecule has 0 bridgehead atoms. The molecular weight excluding hydrogens is 406 g/mol. The summed E-state index contributed by atoms with van der Waals surface area (Å²) < 4.78 is 5.01. The summed E-state index contributed by atoms with van der Waals surface area (Å²) in [4.78, 5) is 39.1. The van der Waals surface area contributed by atoms with Gasteiger partial charge >= 0.3 is 6.03 Å². The number of hydrogen-bond acceptors (Lipinski definition) is 4. The summed E-state index contributed by atoms with van der Waals surface area (Å²) in [5.41, 5.74) is 1.25. The van der Waals surface area contributed by atoms with E-state index in [1.54, 1.807) is 25.3 Å². The van der Waals surface area contributed by atoms with E-state index in [0.717, 1.165) is 25.7 Å². The molecule has 2 N–H and O–H groups in total. The summed E-state index contributed by atoms with van der Waals surface area (Å²) in [6, 6.07) is 4.83. The predicted molar refractivity (Wildman–Crippen MR) is 125 cm³/mol. The Hall–Kier alpha value is -2.41. The van der Waals surface area contributed by atoms with Gasteiger partial charge < -0.3 is 15.4 Å². The predicted octanol–water partition coefficient (Wildman–Crippen LogP) is 5.11. The van der Waals surface area contributed by atoms with Crippen molar-refractivity contribution < 1.29 is 19.1 Å². The van der Waals surface area contributed by atoms with Crippen molar-refractivity contribution in [3.8, 4) is 0 Å². The van der Waals surface area contributed by atoms with Crippen LogP contribution in [0.15, 0.2) is 18.2 Å². The van der Waals surface area contributed by atoms with Crippen LogP contribution in [0.4, 0.5) is 10.5 Å².